The molecule has 3 aromatic carbocycles. The smallest absolute Gasteiger partial charge is 0.274 e. The Kier molecular flexibility index (Phi) is 6.99. The van der Waals surface area contributed by atoms with Crippen molar-refractivity contribution < 1.29 is 14.5 Å². The Morgan fingerprint density at radius 3 is 2.35 bits per heavy atom. The number of amides is 2. The molecule has 0 fully saturated rings. The summed E-state index contributed by atoms with van der Waals surface area (Å²) in [6.07, 6.45) is -0.0671. The van der Waals surface area contributed by atoms with Gasteiger partial charge in [-0.1, -0.05) is 60.1 Å². The van der Waals surface area contributed by atoms with Gasteiger partial charge in [-0.05, 0) is 30.7 Å². The molecule has 3 aromatic rings. The van der Waals surface area contributed by atoms with E-state index in [2.05, 4.69) is 10.6 Å². The van der Waals surface area contributed by atoms with Gasteiger partial charge in [0.2, 0.25) is 5.91 Å². The first-order chi connectivity index (χ1) is 14.9. The Balaban J connectivity index is 1.80. The molecule has 2 amide bonds. The molecule has 0 heterocycles. The fourth-order valence-corrected chi connectivity index (χ4v) is 3.38. The van der Waals surface area contributed by atoms with Crippen molar-refractivity contribution in [2.75, 3.05) is 5.32 Å². The zero-order valence-electron chi connectivity index (χ0n) is 16.7. The number of nitrogens with one attached hydrogen (secondary N) is 2. The van der Waals surface area contributed by atoms with Crippen LogP contribution in [0.1, 0.15) is 33.9 Å². The number of nitro groups is 1. The standard InChI is InChI=1S/C23H20ClN3O4/c1-15-19(12-7-13-21(15)27(30)31)25-22(28)14-20(16-8-3-2-4-9-16)26-23(29)17-10-5-6-11-18(17)24/h2-13,20H,14H2,1H3,(H,25,28)(H,26,29). The van der Waals surface area contributed by atoms with E-state index in [1.165, 1.54) is 12.1 Å². The summed E-state index contributed by atoms with van der Waals surface area (Å²) < 4.78 is 0. The predicted octanol–water partition coefficient (Wildman–Crippen LogP) is 5.06. The molecule has 0 aliphatic rings. The fourth-order valence-electron chi connectivity index (χ4n) is 3.16. The Morgan fingerprint density at radius 1 is 1.00 bits per heavy atom. The number of benzene rings is 3. The van der Waals surface area contributed by atoms with Gasteiger partial charge in [0.05, 0.1) is 39.2 Å². The molecule has 0 saturated heterocycles. The van der Waals surface area contributed by atoms with E-state index in [4.69, 9.17) is 11.6 Å². The summed E-state index contributed by atoms with van der Waals surface area (Å²) in [5.41, 5.74) is 1.68. The molecule has 0 aliphatic heterocycles. The summed E-state index contributed by atoms with van der Waals surface area (Å²) >= 11 is 6.12. The van der Waals surface area contributed by atoms with Crippen LogP contribution < -0.4 is 10.6 Å². The predicted molar refractivity (Wildman–Crippen MR) is 119 cm³/mol. The van der Waals surface area contributed by atoms with Crippen molar-refractivity contribution in [2.45, 2.75) is 19.4 Å². The molecule has 0 aliphatic carbocycles. The summed E-state index contributed by atoms with van der Waals surface area (Å²) in [4.78, 5) is 36.2. The lowest BCUT2D eigenvalue weighted by Gasteiger charge is -2.20. The monoisotopic (exact) mass is 437 g/mol. The van der Waals surface area contributed by atoms with Crippen LogP contribution in [0, 0.1) is 17.0 Å². The summed E-state index contributed by atoms with van der Waals surface area (Å²) in [6, 6.07) is 19.6. The molecule has 158 valence electrons. The molecule has 3 rings (SSSR count). The van der Waals surface area contributed by atoms with Crippen molar-refractivity contribution >= 4 is 34.8 Å². The quantitative estimate of drug-likeness (QED) is 0.398. The summed E-state index contributed by atoms with van der Waals surface area (Å²) in [7, 11) is 0. The second-order valence-corrected chi connectivity index (χ2v) is 7.28. The van der Waals surface area contributed by atoms with E-state index < -0.39 is 22.8 Å². The zero-order chi connectivity index (χ0) is 22.4. The van der Waals surface area contributed by atoms with Crippen molar-refractivity contribution in [3.05, 3.63) is 105 Å². The van der Waals surface area contributed by atoms with Gasteiger partial charge in [-0.3, -0.25) is 19.7 Å². The lowest BCUT2D eigenvalue weighted by Crippen LogP contribution is -2.31. The molecule has 0 saturated carbocycles. The van der Waals surface area contributed by atoms with Gasteiger partial charge in [0.25, 0.3) is 11.6 Å². The highest BCUT2D eigenvalue weighted by atomic mass is 35.5. The second kappa shape index (κ2) is 9.86. The number of halogens is 1. The van der Waals surface area contributed by atoms with Crippen LogP contribution in [0.25, 0.3) is 0 Å². The first kappa shape index (κ1) is 22.0. The van der Waals surface area contributed by atoms with Crippen LogP contribution in [-0.2, 0) is 4.79 Å². The minimum absolute atomic E-state index is 0.0671. The molecule has 2 N–H and O–H groups in total. The average Bonchev–Trinajstić information content (AvgIpc) is 2.75. The Labute approximate surface area is 184 Å². The molecule has 0 radical (unpaired) electrons. The van der Waals surface area contributed by atoms with E-state index in [-0.39, 0.29) is 12.1 Å². The first-order valence-electron chi connectivity index (χ1n) is 9.51. The average molecular weight is 438 g/mol. The van der Waals surface area contributed by atoms with E-state index >= 15 is 0 Å². The van der Waals surface area contributed by atoms with Gasteiger partial charge in [0, 0.05) is 6.07 Å². The minimum Gasteiger partial charge on any atom is -0.345 e. The highest BCUT2D eigenvalue weighted by Crippen LogP contribution is 2.26. The second-order valence-electron chi connectivity index (χ2n) is 6.88. The summed E-state index contributed by atoms with van der Waals surface area (Å²) in [5, 5.41) is 17.0. The van der Waals surface area contributed by atoms with Crippen molar-refractivity contribution in [1.29, 1.82) is 0 Å². The van der Waals surface area contributed by atoms with Crippen LogP contribution in [0.15, 0.2) is 72.8 Å². The van der Waals surface area contributed by atoms with Crippen LogP contribution in [0.5, 0.6) is 0 Å². The Hall–Kier alpha value is -3.71. The highest BCUT2D eigenvalue weighted by Gasteiger charge is 2.22. The molecule has 0 aromatic heterocycles. The third kappa shape index (κ3) is 5.46. The van der Waals surface area contributed by atoms with Crippen molar-refractivity contribution in [2.24, 2.45) is 0 Å². The van der Waals surface area contributed by atoms with E-state index in [1.807, 2.05) is 30.3 Å². The molecule has 7 nitrogen and oxygen atoms in total. The van der Waals surface area contributed by atoms with E-state index in [0.717, 1.165) is 5.56 Å². The van der Waals surface area contributed by atoms with E-state index in [0.29, 0.717) is 21.8 Å². The lowest BCUT2D eigenvalue weighted by molar-refractivity contribution is -0.385. The van der Waals surface area contributed by atoms with Crippen LogP contribution >= 0.6 is 11.6 Å². The molecule has 0 bridgehead atoms. The van der Waals surface area contributed by atoms with Gasteiger partial charge < -0.3 is 10.6 Å². The van der Waals surface area contributed by atoms with Gasteiger partial charge in [0.15, 0.2) is 0 Å². The largest absolute Gasteiger partial charge is 0.345 e. The molecular formula is C23H20ClN3O4. The number of nitro benzene ring substituents is 1. The number of carbonyl (C=O) groups excluding carboxylic acids is 2. The maximum Gasteiger partial charge on any atom is 0.274 e. The maximum absolute atomic E-state index is 12.8. The van der Waals surface area contributed by atoms with Gasteiger partial charge in [0.1, 0.15) is 0 Å². The van der Waals surface area contributed by atoms with E-state index in [9.17, 15) is 19.7 Å². The van der Waals surface area contributed by atoms with Gasteiger partial charge >= 0.3 is 0 Å². The van der Waals surface area contributed by atoms with Crippen molar-refractivity contribution in [3.8, 4) is 0 Å². The molecule has 8 heteroatoms. The minimum atomic E-state index is -0.621. The Morgan fingerprint density at radius 2 is 1.68 bits per heavy atom. The van der Waals surface area contributed by atoms with Crippen LogP contribution in [0.4, 0.5) is 11.4 Å². The van der Waals surface area contributed by atoms with Crippen molar-refractivity contribution in [3.63, 3.8) is 0 Å². The highest BCUT2D eigenvalue weighted by molar-refractivity contribution is 6.33. The first-order valence-corrected chi connectivity index (χ1v) is 9.89. The summed E-state index contributed by atoms with van der Waals surface area (Å²) in [5.74, 6) is -0.796. The van der Waals surface area contributed by atoms with Crippen molar-refractivity contribution in [1.82, 2.24) is 5.32 Å². The molecule has 31 heavy (non-hydrogen) atoms. The third-order valence-corrected chi connectivity index (χ3v) is 5.12. The molecule has 1 unspecified atom stereocenters. The number of hydrogen-bond donors (Lipinski definition) is 2. The lowest BCUT2D eigenvalue weighted by atomic mass is 10.0. The molecule has 1 atom stereocenters. The normalized spacial score (nSPS) is 11.4. The third-order valence-electron chi connectivity index (χ3n) is 4.79. The fraction of sp³-hybridized carbons (Fsp3) is 0.130. The topological polar surface area (TPSA) is 101 Å². The zero-order valence-corrected chi connectivity index (χ0v) is 17.4. The maximum atomic E-state index is 12.8. The number of carbonyl (C=O) groups is 2. The molecule has 0 spiro atoms. The number of rotatable bonds is 7. The van der Waals surface area contributed by atoms with Crippen LogP contribution in [-0.4, -0.2) is 16.7 Å². The van der Waals surface area contributed by atoms with Crippen LogP contribution in [0.2, 0.25) is 5.02 Å². The number of hydrogen-bond acceptors (Lipinski definition) is 4. The molecular weight excluding hydrogens is 418 g/mol. The van der Waals surface area contributed by atoms with Gasteiger partial charge in [-0.2, -0.15) is 0 Å². The van der Waals surface area contributed by atoms with Gasteiger partial charge in [-0.15, -0.1) is 0 Å². The Bertz CT molecular complexity index is 1120. The van der Waals surface area contributed by atoms with Gasteiger partial charge in [-0.25, -0.2) is 0 Å². The number of nitrogens with zero attached hydrogens (tertiary/aromatic N) is 1. The number of anilines is 1. The summed E-state index contributed by atoms with van der Waals surface area (Å²) in [6.45, 7) is 1.57. The SMILES string of the molecule is Cc1c(NC(=O)CC(NC(=O)c2ccccc2Cl)c2ccccc2)cccc1[N+](=O)[O-]. The van der Waals surface area contributed by atoms with E-state index in [1.54, 1.807) is 37.3 Å². The van der Waals surface area contributed by atoms with Crippen LogP contribution in [0.3, 0.4) is 0 Å².